The molecule has 0 bridgehead atoms. The van der Waals surface area contributed by atoms with Crippen molar-refractivity contribution >= 4 is 11.9 Å². The third kappa shape index (κ3) is 4.08. The maximum absolute atomic E-state index is 11.4. The van der Waals surface area contributed by atoms with Crippen LogP contribution >= 0.6 is 0 Å². The van der Waals surface area contributed by atoms with Crippen molar-refractivity contribution in [3.63, 3.8) is 0 Å². The van der Waals surface area contributed by atoms with Crippen molar-refractivity contribution in [3.05, 3.63) is 28.8 Å². The minimum absolute atomic E-state index is 0.0726. The van der Waals surface area contributed by atoms with E-state index in [1.165, 1.54) is 6.92 Å². The van der Waals surface area contributed by atoms with Crippen LogP contribution in [0.4, 0.5) is 0 Å². The van der Waals surface area contributed by atoms with Crippen LogP contribution in [0.2, 0.25) is 0 Å². The summed E-state index contributed by atoms with van der Waals surface area (Å²) in [6.07, 6.45) is 0.0726. The van der Waals surface area contributed by atoms with Crippen LogP contribution in [0.25, 0.3) is 0 Å². The van der Waals surface area contributed by atoms with Crippen LogP contribution in [0.1, 0.15) is 23.6 Å². The fourth-order valence-electron chi connectivity index (χ4n) is 1.54. The monoisotopic (exact) mass is 252 g/mol. The molecular formula is C13H16O5. The average molecular weight is 252 g/mol. The molecule has 1 N–H and O–H groups in total. The molecule has 0 aliphatic rings. The van der Waals surface area contributed by atoms with Gasteiger partial charge in [0.15, 0.2) is 0 Å². The predicted molar refractivity (Wildman–Crippen MR) is 64.0 cm³/mol. The summed E-state index contributed by atoms with van der Waals surface area (Å²) in [6.45, 7) is 4.39. The summed E-state index contributed by atoms with van der Waals surface area (Å²) in [7, 11) is 0. The summed E-state index contributed by atoms with van der Waals surface area (Å²) >= 11 is 0. The van der Waals surface area contributed by atoms with E-state index in [2.05, 4.69) is 4.74 Å². The van der Waals surface area contributed by atoms with Crippen molar-refractivity contribution in [2.45, 2.75) is 27.2 Å². The molecule has 18 heavy (non-hydrogen) atoms. The number of hydrogen-bond acceptors (Lipinski definition) is 5. The molecule has 1 aromatic rings. The van der Waals surface area contributed by atoms with E-state index in [-0.39, 0.29) is 19.0 Å². The van der Waals surface area contributed by atoms with Gasteiger partial charge in [-0.15, -0.1) is 0 Å². The van der Waals surface area contributed by atoms with E-state index in [0.717, 1.165) is 5.56 Å². The maximum Gasteiger partial charge on any atom is 0.313 e. The van der Waals surface area contributed by atoms with E-state index >= 15 is 0 Å². The standard InChI is InChI=1S/C13H16O5/c1-8-4-11(5-9(2)13(8)16)6-12(15)18-7-17-10(3)14/h4-5,16H,6-7H2,1-3H3. The van der Waals surface area contributed by atoms with Crippen LogP contribution in [0, 0.1) is 13.8 Å². The van der Waals surface area contributed by atoms with Crippen LogP contribution in [0.5, 0.6) is 5.75 Å². The summed E-state index contributed by atoms with van der Waals surface area (Å²) in [4.78, 5) is 21.9. The molecule has 5 heteroatoms. The second-order valence-corrected chi connectivity index (χ2v) is 4.03. The molecule has 0 amide bonds. The van der Waals surface area contributed by atoms with E-state index < -0.39 is 11.9 Å². The van der Waals surface area contributed by atoms with Gasteiger partial charge in [-0.2, -0.15) is 0 Å². The number of phenols is 1. The Morgan fingerprint density at radius 2 is 1.72 bits per heavy atom. The molecule has 5 nitrogen and oxygen atoms in total. The third-order valence-corrected chi connectivity index (χ3v) is 2.38. The zero-order valence-electron chi connectivity index (χ0n) is 10.6. The first-order chi connectivity index (χ1) is 8.40. The number of ether oxygens (including phenoxy) is 2. The number of esters is 2. The lowest BCUT2D eigenvalue weighted by atomic mass is 10.0. The number of benzene rings is 1. The molecule has 0 spiro atoms. The topological polar surface area (TPSA) is 72.8 Å². The van der Waals surface area contributed by atoms with Gasteiger partial charge in [0.1, 0.15) is 5.75 Å². The van der Waals surface area contributed by atoms with Crippen LogP contribution in [0.3, 0.4) is 0 Å². The van der Waals surface area contributed by atoms with E-state index in [0.29, 0.717) is 11.1 Å². The molecule has 0 fully saturated rings. The number of phenolic OH excluding ortho intramolecular Hbond substituents is 1. The highest BCUT2D eigenvalue weighted by Gasteiger charge is 2.09. The number of hydrogen-bond donors (Lipinski definition) is 1. The summed E-state index contributed by atoms with van der Waals surface area (Å²) in [5.41, 5.74) is 2.16. The summed E-state index contributed by atoms with van der Waals surface area (Å²) in [6, 6.07) is 3.44. The molecule has 0 unspecified atom stereocenters. The number of carbonyl (C=O) groups is 2. The van der Waals surface area contributed by atoms with Gasteiger partial charge in [0.2, 0.25) is 6.79 Å². The highest BCUT2D eigenvalue weighted by atomic mass is 16.7. The Hall–Kier alpha value is -2.04. The molecule has 1 rings (SSSR count). The first-order valence-corrected chi connectivity index (χ1v) is 5.48. The van der Waals surface area contributed by atoms with E-state index in [9.17, 15) is 14.7 Å². The molecule has 0 aliphatic heterocycles. The van der Waals surface area contributed by atoms with Crippen molar-refractivity contribution in [2.24, 2.45) is 0 Å². The molecule has 0 saturated carbocycles. The lowest BCUT2D eigenvalue weighted by molar-refractivity contribution is -0.165. The zero-order valence-corrected chi connectivity index (χ0v) is 10.6. The first-order valence-electron chi connectivity index (χ1n) is 5.48. The predicted octanol–water partition coefficient (Wildman–Crippen LogP) is 1.62. The Bertz CT molecular complexity index is 441. The fraction of sp³-hybridized carbons (Fsp3) is 0.385. The van der Waals surface area contributed by atoms with Gasteiger partial charge < -0.3 is 14.6 Å². The summed E-state index contributed by atoms with van der Waals surface area (Å²) < 4.78 is 9.22. The molecule has 0 heterocycles. The quantitative estimate of drug-likeness (QED) is 0.651. The third-order valence-electron chi connectivity index (χ3n) is 2.38. The van der Waals surface area contributed by atoms with Gasteiger partial charge in [0.25, 0.3) is 0 Å². The highest BCUT2D eigenvalue weighted by molar-refractivity contribution is 5.73. The van der Waals surface area contributed by atoms with E-state index in [1.54, 1.807) is 26.0 Å². The van der Waals surface area contributed by atoms with E-state index in [4.69, 9.17) is 4.74 Å². The van der Waals surface area contributed by atoms with Crippen molar-refractivity contribution < 1.29 is 24.2 Å². The first kappa shape index (κ1) is 14.0. The fourth-order valence-corrected chi connectivity index (χ4v) is 1.54. The van der Waals surface area contributed by atoms with Crippen molar-refractivity contribution in [2.75, 3.05) is 6.79 Å². The molecule has 98 valence electrons. The Morgan fingerprint density at radius 3 is 2.22 bits per heavy atom. The van der Waals surface area contributed by atoms with E-state index in [1.807, 2.05) is 0 Å². The minimum atomic E-state index is -0.501. The van der Waals surface area contributed by atoms with Crippen molar-refractivity contribution in [1.29, 1.82) is 0 Å². The van der Waals surface area contributed by atoms with Crippen molar-refractivity contribution in [1.82, 2.24) is 0 Å². The normalized spacial score (nSPS) is 9.94. The maximum atomic E-state index is 11.4. The molecule has 0 radical (unpaired) electrons. The molecule has 0 saturated heterocycles. The largest absolute Gasteiger partial charge is 0.507 e. The summed E-state index contributed by atoms with van der Waals surface area (Å²) in [5.74, 6) is -0.758. The summed E-state index contributed by atoms with van der Waals surface area (Å²) in [5, 5.41) is 9.59. The average Bonchev–Trinajstić information content (AvgIpc) is 2.25. The Kier molecular flexibility index (Phi) is 4.71. The Morgan fingerprint density at radius 1 is 1.17 bits per heavy atom. The van der Waals surface area contributed by atoms with Gasteiger partial charge in [0, 0.05) is 6.92 Å². The van der Waals surface area contributed by atoms with Gasteiger partial charge in [-0.3, -0.25) is 9.59 Å². The van der Waals surface area contributed by atoms with Gasteiger partial charge in [-0.25, -0.2) is 0 Å². The minimum Gasteiger partial charge on any atom is -0.507 e. The van der Waals surface area contributed by atoms with Crippen LogP contribution in [0.15, 0.2) is 12.1 Å². The molecule has 1 aromatic carbocycles. The highest BCUT2D eigenvalue weighted by Crippen LogP contribution is 2.23. The number of rotatable bonds is 4. The number of aryl methyl sites for hydroxylation is 2. The van der Waals surface area contributed by atoms with Gasteiger partial charge in [0.05, 0.1) is 6.42 Å². The number of carbonyl (C=O) groups excluding carboxylic acids is 2. The van der Waals surface area contributed by atoms with Crippen LogP contribution < -0.4 is 0 Å². The Balaban J connectivity index is 2.57. The zero-order chi connectivity index (χ0) is 13.7. The van der Waals surface area contributed by atoms with Gasteiger partial charge >= 0.3 is 11.9 Å². The Labute approximate surface area is 105 Å². The molecule has 0 aromatic heterocycles. The van der Waals surface area contributed by atoms with Crippen LogP contribution in [-0.4, -0.2) is 23.8 Å². The van der Waals surface area contributed by atoms with Crippen molar-refractivity contribution in [3.8, 4) is 5.75 Å². The molecule has 0 atom stereocenters. The second kappa shape index (κ2) is 6.05. The lowest BCUT2D eigenvalue weighted by Crippen LogP contribution is -2.13. The molecular weight excluding hydrogens is 236 g/mol. The van der Waals surface area contributed by atoms with Crippen LogP contribution in [-0.2, 0) is 25.5 Å². The molecule has 0 aliphatic carbocycles. The van der Waals surface area contributed by atoms with Gasteiger partial charge in [-0.05, 0) is 30.5 Å². The number of aromatic hydroxyl groups is 1. The van der Waals surface area contributed by atoms with Gasteiger partial charge in [-0.1, -0.05) is 12.1 Å². The lowest BCUT2D eigenvalue weighted by Gasteiger charge is -2.08. The SMILES string of the molecule is CC(=O)OCOC(=O)Cc1cc(C)c(O)c(C)c1. The smallest absolute Gasteiger partial charge is 0.313 e. The second-order valence-electron chi connectivity index (χ2n) is 4.03.